The molecule has 0 aromatic rings. The van der Waals surface area contributed by atoms with Gasteiger partial charge >= 0.3 is 7.82 Å². The van der Waals surface area contributed by atoms with Gasteiger partial charge in [-0.1, -0.05) is 163 Å². The maximum absolute atomic E-state index is 12.8. The number of hydrogen-bond donors (Lipinski definition) is 3. The predicted octanol–water partition coefficient (Wildman–Crippen LogP) is 12.6. The summed E-state index contributed by atoms with van der Waals surface area (Å²) >= 11 is 0. The third kappa shape index (κ3) is 41.6. The van der Waals surface area contributed by atoms with E-state index in [0.29, 0.717) is 17.4 Å². The Bertz CT molecular complexity index is 1200. The predicted molar refractivity (Wildman–Crippen MR) is 244 cm³/mol. The van der Waals surface area contributed by atoms with Crippen LogP contribution < -0.4 is 5.32 Å². The first-order chi connectivity index (χ1) is 27.5. The Hall–Kier alpha value is -2.32. The van der Waals surface area contributed by atoms with E-state index in [9.17, 15) is 19.4 Å². The molecule has 3 unspecified atom stereocenters. The van der Waals surface area contributed by atoms with Crippen molar-refractivity contribution in [3.63, 3.8) is 0 Å². The zero-order chi connectivity index (χ0) is 42.1. The Morgan fingerprint density at radius 2 is 1.07 bits per heavy atom. The lowest BCUT2D eigenvalue weighted by molar-refractivity contribution is -0.870. The summed E-state index contributed by atoms with van der Waals surface area (Å²) in [6.45, 7) is 4.61. The van der Waals surface area contributed by atoms with E-state index in [1.807, 2.05) is 27.2 Å². The van der Waals surface area contributed by atoms with E-state index in [2.05, 4.69) is 92.1 Å². The maximum atomic E-state index is 12.8. The fourth-order valence-electron chi connectivity index (χ4n) is 5.79. The van der Waals surface area contributed by atoms with Crippen LogP contribution in [-0.2, 0) is 18.4 Å². The van der Waals surface area contributed by atoms with Gasteiger partial charge in [-0.05, 0) is 77.0 Å². The summed E-state index contributed by atoms with van der Waals surface area (Å²) in [5.41, 5.74) is 0. The summed E-state index contributed by atoms with van der Waals surface area (Å²) in [7, 11) is 1.53. The molecule has 3 atom stereocenters. The van der Waals surface area contributed by atoms with Gasteiger partial charge in [0, 0.05) is 6.42 Å². The normalized spacial score (nSPS) is 15.1. The van der Waals surface area contributed by atoms with E-state index in [1.54, 1.807) is 6.08 Å². The number of aliphatic hydroxyl groups excluding tert-OH is 1. The molecule has 0 bridgehead atoms. The minimum absolute atomic E-state index is 0.0503. The topological polar surface area (TPSA) is 105 Å². The molecular formula is C48H86N2O6P+. The molecular weight excluding hydrogens is 732 g/mol. The first-order valence-corrected chi connectivity index (χ1v) is 24.0. The third-order valence-electron chi connectivity index (χ3n) is 9.35. The Morgan fingerprint density at radius 3 is 1.61 bits per heavy atom. The average molecular weight is 818 g/mol. The molecule has 57 heavy (non-hydrogen) atoms. The summed E-state index contributed by atoms with van der Waals surface area (Å²) in [6, 6.07) is -0.869. The van der Waals surface area contributed by atoms with E-state index in [-0.39, 0.29) is 19.1 Å². The molecule has 0 aliphatic heterocycles. The summed E-state index contributed by atoms with van der Waals surface area (Å²) in [6.07, 6.45) is 53.8. The number of carbonyl (C=O) groups is 1. The van der Waals surface area contributed by atoms with Crippen LogP contribution in [0.2, 0.25) is 0 Å². The van der Waals surface area contributed by atoms with Crippen LogP contribution in [0.3, 0.4) is 0 Å². The lowest BCUT2D eigenvalue weighted by Gasteiger charge is -2.25. The lowest BCUT2D eigenvalue weighted by Crippen LogP contribution is -2.45. The van der Waals surface area contributed by atoms with Crippen molar-refractivity contribution in [2.45, 2.75) is 174 Å². The second-order valence-corrected chi connectivity index (χ2v) is 17.5. The molecule has 0 heterocycles. The number of unbranched alkanes of at least 4 members (excludes halogenated alkanes) is 14. The van der Waals surface area contributed by atoms with Crippen LogP contribution in [0.25, 0.3) is 0 Å². The second kappa shape index (κ2) is 39.2. The lowest BCUT2D eigenvalue weighted by atomic mass is 10.1. The van der Waals surface area contributed by atoms with E-state index >= 15 is 0 Å². The molecule has 8 nitrogen and oxygen atoms in total. The van der Waals surface area contributed by atoms with Crippen LogP contribution in [0.1, 0.15) is 162 Å². The Balaban J connectivity index is 4.30. The quantitative estimate of drug-likeness (QED) is 0.0247. The molecule has 0 spiro atoms. The summed E-state index contributed by atoms with van der Waals surface area (Å²) in [5.74, 6) is -0.201. The molecule has 0 radical (unpaired) electrons. The van der Waals surface area contributed by atoms with Gasteiger partial charge in [-0.3, -0.25) is 13.8 Å². The monoisotopic (exact) mass is 818 g/mol. The molecule has 328 valence electrons. The van der Waals surface area contributed by atoms with Gasteiger partial charge in [0.25, 0.3) is 0 Å². The third-order valence-corrected chi connectivity index (χ3v) is 10.3. The van der Waals surface area contributed by atoms with Crippen molar-refractivity contribution in [3.05, 3.63) is 85.1 Å². The molecule has 0 saturated carbocycles. The van der Waals surface area contributed by atoms with Crippen LogP contribution in [0.4, 0.5) is 0 Å². The standard InChI is InChI=1S/C48H85N2O6P/c1-6-8-10-12-14-16-18-19-20-21-22-23-24-25-26-27-28-29-30-31-32-34-36-38-40-42-48(52)49-46(45-56-57(53,54)55-44-43-50(3,4)5)47(51)41-39-37-35-33-17-15-13-11-9-7-2/h8,10,14,16-17,19-20,22-23,25-26,33,39,41,46-47,51H,6-7,9,11-13,15,18,21,24,27-32,34-38,40,42-45H2,1-5H3,(H-,49,52,53,54)/p+1/b10-8-,16-14-,20-19-,23-22-,26-25-,33-17+,41-39+. The van der Waals surface area contributed by atoms with Crippen molar-refractivity contribution < 1.29 is 32.9 Å². The first kappa shape index (κ1) is 54.7. The van der Waals surface area contributed by atoms with Crippen molar-refractivity contribution >= 4 is 13.7 Å². The number of allylic oxidation sites excluding steroid dienone is 13. The highest BCUT2D eigenvalue weighted by atomic mass is 31.2. The number of amides is 1. The van der Waals surface area contributed by atoms with Crippen molar-refractivity contribution in [1.82, 2.24) is 5.32 Å². The van der Waals surface area contributed by atoms with Crippen LogP contribution in [0.15, 0.2) is 85.1 Å². The van der Waals surface area contributed by atoms with Crippen LogP contribution in [0.5, 0.6) is 0 Å². The maximum Gasteiger partial charge on any atom is 0.472 e. The molecule has 0 aliphatic carbocycles. The van der Waals surface area contributed by atoms with Gasteiger partial charge < -0.3 is 19.8 Å². The number of nitrogens with zero attached hydrogens (tertiary/aromatic N) is 1. The van der Waals surface area contributed by atoms with Crippen LogP contribution in [-0.4, -0.2) is 73.4 Å². The van der Waals surface area contributed by atoms with Crippen molar-refractivity contribution in [1.29, 1.82) is 0 Å². The number of likely N-dealkylation sites (N-methyl/N-ethyl adjacent to an activating group) is 1. The van der Waals surface area contributed by atoms with E-state index in [1.165, 1.54) is 64.2 Å². The largest absolute Gasteiger partial charge is 0.472 e. The first-order valence-electron chi connectivity index (χ1n) is 22.5. The molecule has 9 heteroatoms. The zero-order valence-corrected chi connectivity index (χ0v) is 37.9. The Kier molecular flexibility index (Phi) is 37.6. The number of carbonyl (C=O) groups excluding carboxylic acids is 1. The number of hydrogen-bond acceptors (Lipinski definition) is 5. The minimum Gasteiger partial charge on any atom is -0.387 e. The smallest absolute Gasteiger partial charge is 0.387 e. The van der Waals surface area contributed by atoms with Gasteiger partial charge in [0.05, 0.1) is 39.9 Å². The van der Waals surface area contributed by atoms with Crippen LogP contribution in [0, 0.1) is 0 Å². The highest BCUT2D eigenvalue weighted by Crippen LogP contribution is 2.43. The van der Waals surface area contributed by atoms with Gasteiger partial charge in [-0.25, -0.2) is 4.57 Å². The number of quaternary nitrogens is 1. The summed E-state index contributed by atoms with van der Waals surface area (Å²) in [4.78, 5) is 23.1. The van der Waals surface area contributed by atoms with Gasteiger partial charge in [-0.2, -0.15) is 0 Å². The number of phosphoric acid groups is 1. The number of nitrogens with one attached hydrogen (secondary N) is 1. The SMILES string of the molecule is CC/C=C\C/C=C\C/C=C\C/C=C\C/C=C\CCCCCCCCCCCC(=O)NC(COP(=O)(O)OCC[N+](C)(C)C)C(O)/C=C/CC/C=C/CCCCCC. The zero-order valence-electron chi connectivity index (χ0n) is 37.0. The van der Waals surface area contributed by atoms with E-state index < -0.39 is 20.0 Å². The molecule has 3 N–H and O–H groups in total. The fraction of sp³-hybridized carbons (Fsp3) is 0.688. The van der Waals surface area contributed by atoms with Gasteiger partial charge in [0.1, 0.15) is 13.2 Å². The molecule has 0 aromatic carbocycles. The Labute approximate surface area is 350 Å². The Morgan fingerprint density at radius 1 is 0.614 bits per heavy atom. The fourth-order valence-corrected chi connectivity index (χ4v) is 6.52. The molecule has 0 saturated heterocycles. The summed E-state index contributed by atoms with van der Waals surface area (Å²) < 4.78 is 23.5. The molecule has 1 amide bonds. The number of phosphoric ester groups is 1. The van der Waals surface area contributed by atoms with Crippen molar-refractivity contribution in [2.75, 3.05) is 40.9 Å². The molecule has 0 rings (SSSR count). The number of aliphatic hydroxyl groups is 1. The van der Waals surface area contributed by atoms with Gasteiger partial charge in [0.2, 0.25) is 5.91 Å². The van der Waals surface area contributed by atoms with E-state index in [0.717, 1.165) is 77.0 Å². The molecule has 0 aliphatic rings. The second-order valence-electron chi connectivity index (χ2n) is 16.0. The van der Waals surface area contributed by atoms with Crippen molar-refractivity contribution in [3.8, 4) is 0 Å². The molecule has 0 fully saturated rings. The number of rotatable bonds is 39. The van der Waals surface area contributed by atoms with Crippen LogP contribution >= 0.6 is 7.82 Å². The highest BCUT2D eigenvalue weighted by molar-refractivity contribution is 7.47. The van der Waals surface area contributed by atoms with Gasteiger partial charge in [-0.15, -0.1) is 0 Å². The van der Waals surface area contributed by atoms with Crippen molar-refractivity contribution in [2.24, 2.45) is 0 Å². The van der Waals surface area contributed by atoms with Gasteiger partial charge in [0.15, 0.2) is 0 Å². The highest BCUT2D eigenvalue weighted by Gasteiger charge is 2.27. The van der Waals surface area contributed by atoms with E-state index in [4.69, 9.17) is 9.05 Å². The minimum atomic E-state index is -4.35. The summed E-state index contributed by atoms with van der Waals surface area (Å²) in [5, 5.41) is 13.7. The average Bonchev–Trinajstić information content (AvgIpc) is 3.16. The molecule has 0 aromatic heterocycles.